The van der Waals surface area contributed by atoms with Crippen molar-refractivity contribution in [2.45, 2.75) is 63.5 Å². The molecule has 0 aromatic heterocycles. The molecule has 2 amide bonds. The molecule has 1 spiro atoms. The topological polar surface area (TPSA) is 49.4 Å². The molecule has 1 unspecified atom stereocenters. The van der Waals surface area contributed by atoms with Gasteiger partial charge >= 0.3 is 0 Å². The van der Waals surface area contributed by atoms with Gasteiger partial charge in [0.15, 0.2) is 0 Å². The Bertz CT molecular complexity index is 415. The normalized spacial score (nSPS) is 30.5. The predicted octanol–water partition coefficient (Wildman–Crippen LogP) is 2.18. The molecule has 0 aromatic carbocycles. The Morgan fingerprint density at radius 1 is 1.19 bits per heavy atom. The molecular weight excluding hydrogens is 284 g/mol. The van der Waals surface area contributed by atoms with Gasteiger partial charge in [0.05, 0.1) is 0 Å². The van der Waals surface area contributed by atoms with Gasteiger partial charge in [-0.15, -0.1) is 0 Å². The summed E-state index contributed by atoms with van der Waals surface area (Å²) in [6, 6.07) is -0.306. The summed E-state index contributed by atoms with van der Waals surface area (Å²) in [7, 11) is 0. The van der Waals surface area contributed by atoms with Crippen molar-refractivity contribution in [3.8, 4) is 0 Å². The van der Waals surface area contributed by atoms with Crippen molar-refractivity contribution >= 4 is 23.6 Å². The third kappa shape index (κ3) is 2.94. The van der Waals surface area contributed by atoms with E-state index in [0.717, 1.165) is 32.2 Å². The van der Waals surface area contributed by atoms with Crippen LogP contribution >= 0.6 is 11.8 Å². The zero-order chi connectivity index (χ0) is 14.9. The standard InChI is InChI=1S/C16H26N2O2S/c1-12-14(19)17-16(7-3-2-4-8-16)15(20)18(12)11-13-5-9-21-10-6-13/h12-13H,2-11H2,1H3,(H,17,19). The molecule has 1 N–H and O–H groups in total. The molecule has 0 bridgehead atoms. The van der Waals surface area contributed by atoms with Crippen LogP contribution in [0.2, 0.25) is 0 Å². The van der Waals surface area contributed by atoms with Crippen molar-refractivity contribution in [1.82, 2.24) is 10.2 Å². The Morgan fingerprint density at radius 2 is 1.86 bits per heavy atom. The fraction of sp³-hybridized carbons (Fsp3) is 0.875. The number of hydrogen-bond acceptors (Lipinski definition) is 3. The number of amides is 2. The molecule has 2 heterocycles. The van der Waals surface area contributed by atoms with Crippen LogP contribution < -0.4 is 5.32 Å². The van der Waals surface area contributed by atoms with Gasteiger partial charge < -0.3 is 10.2 Å². The van der Waals surface area contributed by atoms with Gasteiger partial charge in [0.2, 0.25) is 11.8 Å². The van der Waals surface area contributed by atoms with Crippen LogP contribution in [0, 0.1) is 5.92 Å². The zero-order valence-electron chi connectivity index (χ0n) is 12.9. The van der Waals surface area contributed by atoms with E-state index < -0.39 is 5.54 Å². The van der Waals surface area contributed by atoms with Crippen LogP contribution in [-0.4, -0.2) is 46.3 Å². The number of carbonyl (C=O) groups is 2. The number of thioether (sulfide) groups is 1. The summed E-state index contributed by atoms with van der Waals surface area (Å²) in [6.45, 7) is 2.65. The fourth-order valence-electron chi connectivity index (χ4n) is 3.93. The molecule has 1 aliphatic carbocycles. The van der Waals surface area contributed by atoms with Gasteiger partial charge in [-0.3, -0.25) is 9.59 Å². The lowest BCUT2D eigenvalue weighted by atomic mass is 9.78. The minimum Gasteiger partial charge on any atom is -0.340 e. The lowest BCUT2D eigenvalue weighted by molar-refractivity contribution is -0.156. The van der Waals surface area contributed by atoms with E-state index >= 15 is 0 Å². The van der Waals surface area contributed by atoms with Crippen LogP contribution in [0.15, 0.2) is 0 Å². The number of carbonyl (C=O) groups excluding carboxylic acids is 2. The smallest absolute Gasteiger partial charge is 0.249 e. The van der Waals surface area contributed by atoms with Gasteiger partial charge in [0.25, 0.3) is 0 Å². The minimum absolute atomic E-state index is 0.0432. The summed E-state index contributed by atoms with van der Waals surface area (Å²) in [6.07, 6.45) is 7.27. The lowest BCUT2D eigenvalue weighted by Gasteiger charge is -2.47. The monoisotopic (exact) mass is 310 g/mol. The predicted molar refractivity (Wildman–Crippen MR) is 85.2 cm³/mol. The maximum absolute atomic E-state index is 13.0. The highest BCUT2D eigenvalue weighted by molar-refractivity contribution is 7.99. The molecule has 2 saturated heterocycles. The highest BCUT2D eigenvalue weighted by Gasteiger charge is 2.50. The van der Waals surface area contributed by atoms with Gasteiger partial charge in [0, 0.05) is 6.54 Å². The maximum atomic E-state index is 13.0. The zero-order valence-corrected chi connectivity index (χ0v) is 13.7. The fourth-order valence-corrected chi connectivity index (χ4v) is 5.13. The minimum atomic E-state index is -0.578. The highest BCUT2D eigenvalue weighted by atomic mass is 32.2. The van der Waals surface area contributed by atoms with Gasteiger partial charge in [0.1, 0.15) is 11.6 Å². The summed E-state index contributed by atoms with van der Waals surface area (Å²) in [4.78, 5) is 27.3. The molecule has 1 saturated carbocycles. The number of piperazine rings is 1. The summed E-state index contributed by atoms with van der Waals surface area (Å²) >= 11 is 2.00. The molecule has 1 atom stereocenters. The number of nitrogens with zero attached hydrogens (tertiary/aromatic N) is 1. The molecule has 2 aliphatic heterocycles. The Morgan fingerprint density at radius 3 is 2.52 bits per heavy atom. The van der Waals surface area contributed by atoms with Crippen LogP contribution in [0.5, 0.6) is 0 Å². The van der Waals surface area contributed by atoms with E-state index in [1.54, 1.807) is 0 Å². The summed E-state index contributed by atoms with van der Waals surface area (Å²) in [5, 5.41) is 3.06. The largest absolute Gasteiger partial charge is 0.340 e. The van der Waals surface area contributed by atoms with Crippen LogP contribution in [0.3, 0.4) is 0 Å². The van der Waals surface area contributed by atoms with Crippen molar-refractivity contribution in [2.75, 3.05) is 18.1 Å². The summed E-state index contributed by atoms with van der Waals surface area (Å²) < 4.78 is 0. The van der Waals surface area contributed by atoms with Gasteiger partial charge in [-0.1, -0.05) is 19.3 Å². The van der Waals surface area contributed by atoms with E-state index in [1.807, 2.05) is 23.6 Å². The molecule has 4 nitrogen and oxygen atoms in total. The molecule has 3 fully saturated rings. The maximum Gasteiger partial charge on any atom is 0.249 e. The Hall–Kier alpha value is -0.710. The average molecular weight is 310 g/mol. The molecule has 5 heteroatoms. The first-order chi connectivity index (χ1) is 10.1. The first-order valence-corrected chi connectivity index (χ1v) is 9.49. The SMILES string of the molecule is CC1C(=O)NC2(CCCCC2)C(=O)N1CC1CCSCC1. The van der Waals surface area contributed by atoms with Crippen LogP contribution in [0.4, 0.5) is 0 Å². The highest BCUT2D eigenvalue weighted by Crippen LogP contribution is 2.34. The molecule has 3 aliphatic rings. The molecule has 21 heavy (non-hydrogen) atoms. The van der Waals surface area contributed by atoms with E-state index in [9.17, 15) is 9.59 Å². The first-order valence-electron chi connectivity index (χ1n) is 8.33. The van der Waals surface area contributed by atoms with E-state index in [-0.39, 0.29) is 17.9 Å². The molecular formula is C16H26N2O2S. The third-order valence-corrected chi connectivity index (χ3v) is 6.43. The third-order valence-electron chi connectivity index (χ3n) is 5.38. The van der Waals surface area contributed by atoms with E-state index in [0.29, 0.717) is 5.92 Å². The van der Waals surface area contributed by atoms with Crippen LogP contribution in [0.1, 0.15) is 51.9 Å². The van der Waals surface area contributed by atoms with Crippen LogP contribution in [-0.2, 0) is 9.59 Å². The van der Waals surface area contributed by atoms with Gasteiger partial charge in [-0.2, -0.15) is 11.8 Å². The first kappa shape index (κ1) is 15.2. The second-order valence-corrected chi connectivity index (χ2v) is 8.05. The van der Waals surface area contributed by atoms with Crippen molar-refractivity contribution in [2.24, 2.45) is 5.92 Å². The quantitative estimate of drug-likeness (QED) is 0.850. The van der Waals surface area contributed by atoms with Gasteiger partial charge in [-0.25, -0.2) is 0 Å². The number of nitrogens with one attached hydrogen (secondary N) is 1. The van der Waals surface area contributed by atoms with Crippen molar-refractivity contribution in [3.63, 3.8) is 0 Å². The van der Waals surface area contributed by atoms with Gasteiger partial charge in [-0.05, 0) is 50.0 Å². The van der Waals surface area contributed by atoms with Crippen LogP contribution in [0.25, 0.3) is 0 Å². The summed E-state index contributed by atoms with van der Waals surface area (Å²) in [5.41, 5.74) is -0.578. The molecule has 0 aromatic rings. The Labute approximate surface area is 131 Å². The Kier molecular flexibility index (Phi) is 4.48. The lowest BCUT2D eigenvalue weighted by Crippen LogP contribution is -2.70. The molecule has 3 rings (SSSR count). The second kappa shape index (κ2) is 6.19. The molecule has 0 radical (unpaired) electrons. The summed E-state index contributed by atoms with van der Waals surface area (Å²) in [5.74, 6) is 3.19. The van der Waals surface area contributed by atoms with E-state index in [4.69, 9.17) is 0 Å². The number of hydrogen-bond donors (Lipinski definition) is 1. The van der Waals surface area contributed by atoms with Crippen molar-refractivity contribution < 1.29 is 9.59 Å². The Balaban J connectivity index is 1.76. The number of rotatable bonds is 2. The van der Waals surface area contributed by atoms with Crippen molar-refractivity contribution in [1.29, 1.82) is 0 Å². The second-order valence-electron chi connectivity index (χ2n) is 6.82. The van der Waals surface area contributed by atoms with Crippen molar-refractivity contribution in [3.05, 3.63) is 0 Å². The average Bonchev–Trinajstić information content (AvgIpc) is 2.52. The van der Waals surface area contributed by atoms with E-state index in [2.05, 4.69) is 5.32 Å². The van der Waals surface area contributed by atoms with E-state index in [1.165, 1.54) is 30.8 Å². The molecule has 118 valence electrons.